The average molecular weight is 342 g/mol. The van der Waals surface area contributed by atoms with Gasteiger partial charge in [-0.1, -0.05) is 26.0 Å². The lowest BCUT2D eigenvalue weighted by Gasteiger charge is -2.55. The Balaban J connectivity index is 1.84. The average Bonchev–Trinajstić information content (AvgIpc) is 3.01. The van der Waals surface area contributed by atoms with Crippen LogP contribution in [0.2, 0.25) is 0 Å². The highest BCUT2D eigenvalue weighted by molar-refractivity contribution is 5.58. The van der Waals surface area contributed by atoms with Gasteiger partial charge < -0.3 is 15.6 Å². The number of rotatable bonds is 5. The van der Waals surface area contributed by atoms with Gasteiger partial charge in [-0.25, -0.2) is 0 Å². The Labute approximate surface area is 150 Å². The predicted octanol–water partition coefficient (Wildman–Crippen LogP) is 3.19. The lowest BCUT2D eigenvalue weighted by molar-refractivity contribution is -0.0207. The highest BCUT2D eigenvalue weighted by atomic mass is 16.5. The van der Waals surface area contributed by atoms with Crippen molar-refractivity contribution in [1.29, 1.82) is 0 Å². The lowest BCUT2D eigenvalue weighted by atomic mass is 9.55. The summed E-state index contributed by atoms with van der Waals surface area (Å²) >= 11 is 0. The molecule has 3 N–H and O–H groups in total. The smallest absolute Gasteiger partial charge is 0.165 e. The van der Waals surface area contributed by atoms with Crippen molar-refractivity contribution in [2.24, 2.45) is 11.1 Å². The van der Waals surface area contributed by atoms with Gasteiger partial charge in [0.15, 0.2) is 11.5 Å². The summed E-state index contributed by atoms with van der Waals surface area (Å²) in [6, 6.07) is 4.37. The molecular weight excluding hydrogens is 312 g/mol. The van der Waals surface area contributed by atoms with E-state index in [1.807, 2.05) is 6.08 Å². The normalized spacial score (nSPS) is 35.4. The Morgan fingerprint density at radius 1 is 1.48 bits per heavy atom. The topological polar surface area (TPSA) is 58.7 Å². The number of nitrogens with zero attached hydrogens (tertiary/aromatic N) is 1. The van der Waals surface area contributed by atoms with Crippen LogP contribution in [0.3, 0.4) is 0 Å². The number of hydrogen-bond donors (Lipinski definition) is 2. The van der Waals surface area contributed by atoms with E-state index in [2.05, 4.69) is 31.4 Å². The first kappa shape index (κ1) is 16.9. The molecule has 136 valence electrons. The molecule has 2 aliphatic carbocycles. The van der Waals surface area contributed by atoms with E-state index in [-0.39, 0.29) is 29.2 Å². The number of hydrogen-bond acceptors (Lipinski definition) is 4. The molecule has 1 saturated carbocycles. The van der Waals surface area contributed by atoms with Gasteiger partial charge in [0.25, 0.3) is 0 Å². The number of benzene rings is 1. The Morgan fingerprint density at radius 2 is 2.28 bits per heavy atom. The van der Waals surface area contributed by atoms with E-state index < -0.39 is 0 Å². The molecule has 1 aliphatic heterocycles. The maximum atomic E-state index is 10.3. The number of aromatic hydroxyl groups is 1. The van der Waals surface area contributed by atoms with Crippen molar-refractivity contribution in [1.82, 2.24) is 4.90 Å². The standard InChI is InChI=1S/C21H30N2O2/c1-4-10-23(11-5-2)16-12-13-6-7-15(24)20-17(13)18-19(25-20)14(22)8-9-21(16,18)3/h4,6-7,14,16,18-19,24H,1,5,8-12,22H2,2-3H3/t14-,16?,18?,19?,21-/m0/s1. The van der Waals surface area contributed by atoms with Crippen LogP contribution in [0.25, 0.3) is 0 Å². The first-order valence-electron chi connectivity index (χ1n) is 9.63. The zero-order chi connectivity index (χ0) is 17.8. The molecule has 3 unspecified atom stereocenters. The fourth-order valence-corrected chi connectivity index (χ4v) is 5.67. The van der Waals surface area contributed by atoms with Crippen LogP contribution in [0.4, 0.5) is 0 Å². The summed E-state index contributed by atoms with van der Waals surface area (Å²) in [6.07, 6.45) is 6.23. The molecular formula is C21H30N2O2. The van der Waals surface area contributed by atoms with Crippen LogP contribution >= 0.6 is 0 Å². The molecule has 4 rings (SSSR count). The van der Waals surface area contributed by atoms with Gasteiger partial charge in [0.2, 0.25) is 0 Å². The third kappa shape index (κ3) is 2.34. The first-order chi connectivity index (χ1) is 12.0. The van der Waals surface area contributed by atoms with Crippen LogP contribution in [0.5, 0.6) is 11.5 Å². The summed E-state index contributed by atoms with van der Waals surface area (Å²) < 4.78 is 6.24. The van der Waals surface area contributed by atoms with Crippen LogP contribution in [0.15, 0.2) is 24.8 Å². The quantitative estimate of drug-likeness (QED) is 0.807. The van der Waals surface area contributed by atoms with Gasteiger partial charge in [-0.2, -0.15) is 0 Å². The molecule has 0 bridgehead atoms. The van der Waals surface area contributed by atoms with Gasteiger partial charge in [-0.3, -0.25) is 4.90 Å². The monoisotopic (exact) mass is 342 g/mol. The van der Waals surface area contributed by atoms with E-state index in [0.29, 0.717) is 11.8 Å². The minimum Gasteiger partial charge on any atom is -0.504 e. The second-order valence-electron chi connectivity index (χ2n) is 8.26. The number of nitrogens with two attached hydrogens (primary N) is 1. The molecule has 5 atom stereocenters. The third-order valence-corrected chi connectivity index (χ3v) is 6.80. The van der Waals surface area contributed by atoms with Gasteiger partial charge in [-0.15, -0.1) is 6.58 Å². The van der Waals surface area contributed by atoms with Crippen LogP contribution in [0.1, 0.15) is 50.2 Å². The van der Waals surface area contributed by atoms with Crippen LogP contribution in [-0.2, 0) is 6.42 Å². The summed E-state index contributed by atoms with van der Waals surface area (Å²) in [5.74, 6) is 1.23. The van der Waals surface area contributed by atoms with Crippen molar-refractivity contribution in [2.45, 2.75) is 63.6 Å². The van der Waals surface area contributed by atoms with Crippen molar-refractivity contribution in [3.8, 4) is 11.5 Å². The highest BCUT2D eigenvalue weighted by Gasteiger charge is 2.59. The lowest BCUT2D eigenvalue weighted by Crippen LogP contribution is -2.60. The molecule has 4 nitrogen and oxygen atoms in total. The van der Waals surface area contributed by atoms with Gasteiger partial charge in [0.1, 0.15) is 6.10 Å². The molecule has 0 radical (unpaired) electrons. The van der Waals surface area contributed by atoms with E-state index >= 15 is 0 Å². The van der Waals surface area contributed by atoms with Crippen molar-refractivity contribution < 1.29 is 9.84 Å². The molecule has 0 aromatic heterocycles. The zero-order valence-corrected chi connectivity index (χ0v) is 15.4. The minimum absolute atomic E-state index is 0.0178. The SMILES string of the molecule is C=CCN(CCC)C1Cc2ccc(O)c3c2C2C(O3)[C@@H](N)CC[C@]21C. The van der Waals surface area contributed by atoms with Crippen molar-refractivity contribution in [3.63, 3.8) is 0 Å². The van der Waals surface area contributed by atoms with Crippen molar-refractivity contribution in [2.75, 3.05) is 13.1 Å². The number of phenolic OH excluding ortho intramolecular Hbond substituents is 1. The fourth-order valence-electron chi connectivity index (χ4n) is 5.67. The van der Waals surface area contributed by atoms with Crippen LogP contribution < -0.4 is 10.5 Å². The second kappa shape index (κ2) is 6.03. The van der Waals surface area contributed by atoms with Gasteiger partial charge in [-0.05, 0) is 49.3 Å². The minimum atomic E-state index is -0.0178. The largest absolute Gasteiger partial charge is 0.504 e. The zero-order valence-electron chi connectivity index (χ0n) is 15.4. The Kier molecular flexibility index (Phi) is 4.08. The second-order valence-corrected chi connectivity index (χ2v) is 8.26. The Morgan fingerprint density at radius 3 is 3.00 bits per heavy atom. The summed E-state index contributed by atoms with van der Waals surface area (Å²) in [5.41, 5.74) is 9.11. The third-order valence-electron chi connectivity index (χ3n) is 6.80. The predicted molar refractivity (Wildman–Crippen MR) is 100 cm³/mol. The van der Waals surface area contributed by atoms with E-state index in [9.17, 15) is 5.11 Å². The maximum absolute atomic E-state index is 10.3. The molecule has 1 aromatic carbocycles. The van der Waals surface area contributed by atoms with Crippen molar-refractivity contribution >= 4 is 0 Å². The number of phenols is 1. The van der Waals surface area contributed by atoms with E-state index in [1.165, 1.54) is 11.1 Å². The molecule has 1 heterocycles. The molecule has 3 aliphatic rings. The number of ether oxygens (including phenoxy) is 1. The molecule has 0 amide bonds. The fraction of sp³-hybridized carbons (Fsp3) is 0.619. The summed E-state index contributed by atoms with van der Waals surface area (Å²) in [7, 11) is 0. The first-order valence-corrected chi connectivity index (χ1v) is 9.63. The molecule has 0 saturated heterocycles. The Bertz CT molecular complexity index is 689. The van der Waals surface area contributed by atoms with E-state index in [1.54, 1.807) is 6.07 Å². The van der Waals surface area contributed by atoms with E-state index in [0.717, 1.165) is 38.8 Å². The molecule has 0 spiro atoms. The van der Waals surface area contributed by atoms with Gasteiger partial charge in [0, 0.05) is 30.1 Å². The Hall–Kier alpha value is -1.52. The van der Waals surface area contributed by atoms with E-state index in [4.69, 9.17) is 10.5 Å². The summed E-state index contributed by atoms with van der Waals surface area (Å²) in [6.45, 7) is 10.6. The van der Waals surface area contributed by atoms with Crippen LogP contribution in [0, 0.1) is 5.41 Å². The van der Waals surface area contributed by atoms with Crippen molar-refractivity contribution in [3.05, 3.63) is 35.9 Å². The summed E-state index contributed by atoms with van der Waals surface area (Å²) in [5, 5.41) is 10.3. The molecule has 1 fully saturated rings. The molecule has 25 heavy (non-hydrogen) atoms. The maximum Gasteiger partial charge on any atom is 0.165 e. The van der Waals surface area contributed by atoms with Gasteiger partial charge >= 0.3 is 0 Å². The van der Waals surface area contributed by atoms with Gasteiger partial charge in [0.05, 0.1) is 0 Å². The van der Waals surface area contributed by atoms with Crippen LogP contribution in [-0.4, -0.2) is 41.3 Å². The molecule has 4 heteroatoms. The molecule has 1 aromatic rings. The summed E-state index contributed by atoms with van der Waals surface area (Å²) in [4.78, 5) is 2.59. The highest BCUT2D eigenvalue weighted by Crippen LogP contribution is 2.62.